The quantitative estimate of drug-likeness (QED) is 0.729. The minimum absolute atomic E-state index is 0.105. The molecule has 1 atom stereocenters. The van der Waals surface area contributed by atoms with Crippen molar-refractivity contribution in [1.29, 1.82) is 0 Å². The van der Waals surface area contributed by atoms with Crippen LogP contribution < -0.4 is 9.47 Å². The zero-order valence-electron chi connectivity index (χ0n) is 15.2. The van der Waals surface area contributed by atoms with Crippen LogP contribution in [0.25, 0.3) is 0 Å². The van der Waals surface area contributed by atoms with Crippen LogP contribution in [0.15, 0.2) is 18.2 Å². The van der Waals surface area contributed by atoms with Gasteiger partial charge in [-0.15, -0.1) is 0 Å². The van der Waals surface area contributed by atoms with Gasteiger partial charge in [-0.05, 0) is 31.0 Å². The van der Waals surface area contributed by atoms with E-state index in [4.69, 9.17) is 14.2 Å². The molecule has 0 aromatic heterocycles. The molecule has 2 aliphatic rings. The van der Waals surface area contributed by atoms with E-state index < -0.39 is 14.6 Å². The molecule has 3 rings (SSSR count). The number of ether oxygens (including phenoxy) is 3. The Bertz CT molecular complexity index is 690. The van der Waals surface area contributed by atoms with Crippen molar-refractivity contribution in [2.45, 2.75) is 24.6 Å². The normalized spacial score (nSPS) is 24.2. The molecular formula is C18H27NO5S. The molecule has 0 amide bonds. The van der Waals surface area contributed by atoms with Crippen molar-refractivity contribution in [1.82, 2.24) is 4.90 Å². The van der Waals surface area contributed by atoms with E-state index in [1.54, 1.807) is 14.2 Å². The second-order valence-electron chi connectivity index (χ2n) is 6.89. The number of benzene rings is 1. The van der Waals surface area contributed by atoms with Crippen LogP contribution in [0.2, 0.25) is 0 Å². The summed E-state index contributed by atoms with van der Waals surface area (Å²) in [7, 11) is 0.200. The Morgan fingerprint density at radius 2 is 1.80 bits per heavy atom. The summed E-state index contributed by atoms with van der Waals surface area (Å²) in [6.07, 6.45) is 0.711. The van der Waals surface area contributed by atoms with Gasteiger partial charge in [0.25, 0.3) is 0 Å². The maximum Gasteiger partial charge on any atom is 0.158 e. The molecule has 1 aromatic carbocycles. The first kappa shape index (κ1) is 18.5. The van der Waals surface area contributed by atoms with Crippen LogP contribution in [-0.4, -0.2) is 64.3 Å². The molecule has 0 bridgehead atoms. The number of likely N-dealkylation sites (tertiary alicyclic amines) is 1. The number of methoxy groups -OCH3 is 2. The van der Waals surface area contributed by atoms with E-state index in [-0.39, 0.29) is 11.7 Å². The van der Waals surface area contributed by atoms with Gasteiger partial charge in [0.05, 0.1) is 26.6 Å². The van der Waals surface area contributed by atoms with Crippen molar-refractivity contribution in [3.63, 3.8) is 0 Å². The summed E-state index contributed by atoms with van der Waals surface area (Å²) in [4.78, 5) is 2.18. The van der Waals surface area contributed by atoms with Crippen LogP contribution in [0.1, 0.15) is 18.9 Å². The van der Waals surface area contributed by atoms with Crippen molar-refractivity contribution in [2.75, 3.05) is 46.3 Å². The fourth-order valence-electron chi connectivity index (χ4n) is 4.01. The third kappa shape index (κ3) is 3.37. The average molecular weight is 369 g/mol. The summed E-state index contributed by atoms with van der Waals surface area (Å²) in [5.74, 6) is 1.87. The lowest BCUT2D eigenvalue weighted by Crippen LogP contribution is -2.67. The number of hydrogen-bond donors (Lipinski definition) is 0. The van der Waals surface area contributed by atoms with E-state index in [9.17, 15) is 8.42 Å². The summed E-state index contributed by atoms with van der Waals surface area (Å²) in [5.41, 5.74) is 1.06. The Kier molecular flexibility index (Phi) is 5.27. The van der Waals surface area contributed by atoms with Gasteiger partial charge < -0.3 is 14.2 Å². The average Bonchev–Trinajstić information content (AvgIpc) is 2.83. The van der Waals surface area contributed by atoms with Gasteiger partial charge >= 0.3 is 0 Å². The van der Waals surface area contributed by atoms with E-state index in [1.165, 1.54) is 0 Å². The molecule has 0 N–H and O–H groups in total. The predicted molar refractivity (Wildman–Crippen MR) is 95.9 cm³/mol. The number of nitrogens with zero attached hydrogens (tertiary/aromatic N) is 1. The zero-order valence-corrected chi connectivity index (χ0v) is 16.0. The maximum atomic E-state index is 12.6. The van der Waals surface area contributed by atoms with Gasteiger partial charge in [-0.1, -0.05) is 0 Å². The molecule has 2 heterocycles. The van der Waals surface area contributed by atoms with Gasteiger partial charge in [-0.3, -0.25) is 4.90 Å². The Hall–Kier alpha value is -1.31. The first-order valence-electron chi connectivity index (χ1n) is 8.68. The third-order valence-electron chi connectivity index (χ3n) is 5.42. The van der Waals surface area contributed by atoms with Crippen LogP contribution in [-0.2, 0) is 21.1 Å². The summed E-state index contributed by atoms with van der Waals surface area (Å²) >= 11 is 0. The standard InChI is InChI=1S/C18H27NO5S/c1-4-24-11-15-5-6-25(20,21)18(15)12-19(13-18)10-14-7-16(22-2)9-17(8-14)23-3/h7-9,15H,4-6,10-13H2,1-3H3/t15-/m1/s1. The van der Waals surface area contributed by atoms with Crippen molar-refractivity contribution in [3.05, 3.63) is 23.8 Å². The minimum atomic E-state index is -3.05. The summed E-state index contributed by atoms with van der Waals surface area (Å²) in [6, 6.07) is 5.77. The van der Waals surface area contributed by atoms with Gasteiger partial charge in [0.1, 0.15) is 16.2 Å². The lowest BCUT2D eigenvalue weighted by molar-refractivity contribution is 0.0291. The van der Waals surface area contributed by atoms with E-state index in [0.717, 1.165) is 17.1 Å². The molecule has 0 aliphatic carbocycles. The maximum absolute atomic E-state index is 12.6. The summed E-state index contributed by atoms with van der Waals surface area (Å²) < 4.78 is 40.8. The molecule has 2 aliphatic heterocycles. The largest absolute Gasteiger partial charge is 0.497 e. The number of rotatable bonds is 7. The molecule has 0 unspecified atom stereocenters. The molecule has 25 heavy (non-hydrogen) atoms. The van der Waals surface area contributed by atoms with Gasteiger partial charge in [0.2, 0.25) is 0 Å². The van der Waals surface area contributed by atoms with Gasteiger partial charge in [0, 0.05) is 38.2 Å². The fourth-order valence-corrected chi connectivity index (χ4v) is 6.46. The summed E-state index contributed by atoms with van der Waals surface area (Å²) in [5, 5.41) is 0. The molecular weight excluding hydrogens is 342 g/mol. The first-order valence-corrected chi connectivity index (χ1v) is 10.3. The second kappa shape index (κ2) is 7.13. The van der Waals surface area contributed by atoms with E-state index in [0.29, 0.717) is 39.3 Å². The van der Waals surface area contributed by atoms with E-state index >= 15 is 0 Å². The Morgan fingerprint density at radius 1 is 1.16 bits per heavy atom. The number of sulfone groups is 1. The minimum Gasteiger partial charge on any atom is -0.497 e. The molecule has 2 fully saturated rings. The molecule has 1 spiro atoms. The molecule has 7 heteroatoms. The summed E-state index contributed by atoms with van der Waals surface area (Å²) in [6.45, 7) is 4.95. The Morgan fingerprint density at radius 3 is 2.36 bits per heavy atom. The van der Waals surface area contributed by atoms with E-state index in [2.05, 4.69) is 4.90 Å². The highest BCUT2D eigenvalue weighted by Gasteiger charge is 2.61. The van der Waals surface area contributed by atoms with Crippen LogP contribution >= 0.6 is 0 Å². The lowest BCUT2D eigenvalue weighted by Gasteiger charge is -2.50. The molecule has 2 saturated heterocycles. The number of hydrogen-bond acceptors (Lipinski definition) is 6. The van der Waals surface area contributed by atoms with Crippen LogP contribution in [0.4, 0.5) is 0 Å². The first-order chi connectivity index (χ1) is 11.9. The third-order valence-corrected chi connectivity index (χ3v) is 8.02. The van der Waals surface area contributed by atoms with Crippen LogP contribution in [0.3, 0.4) is 0 Å². The smallest absolute Gasteiger partial charge is 0.158 e. The molecule has 0 saturated carbocycles. The van der Waals surface area contributed by atoms with Crippen LogP contribution in [0.5, 0.6) is 11.5 Å². The SMILES string of the molecule is CCOC[C@H]1CCS(=O)(=O)C12CN(Cc1cc(OC)cc(OC)c1)C2. The lowest BCUT2D eigenvalue weighted by atomic mass is 9.83. The Labute approximate surface area is 150 Å². The molecule has 0 radical (unpaired) electrons. The van der Waals surface area contributed by atoms with Crippen molar-refractivity contribution >= 4 is 9.84 Å². The van der Waals surface area contributed by atoms with Crippen molar-refractivity contribution < 1.29 is 22.6 Å². The zero-order chi connectivity index (χ0) is 18.1. The van der Waals surface area contributed by atoms with Crippen molar-refractivity contribution in [3.8, 4) is 11.5 Å². The van der Waals surface area contributed by atoms with Gasteiger partial charge in [-0.2, -0.15) is 0 Å². The topological polar surface area (TPSA) is 65.1 Å². The molecule has 1 aromatic rings. The van der Waals surface area contributed by atoms with Gasteiger partial charge in [-0.25, -0.2) is 8.42 Å². The monoisotopic (exact) mass is 369 g/mol. The van der Waals surface area contributed by atoms with Crippen LogP contribution in [0, 0.1) is 5.92 Å². The Balaban J connectivity index is 1.70. The molecule has 140 valence electrons. The van der Waals surface area contributed by atoms with Crippen molar-refractivity contribution in [2.24, 2.45) is 5.92 Å². The van der Waals surface area contributed by atoms with Gasteiger partial charge in [0.15, 0.2) is 9.84 Å². The fraction of sp³-hybridized carbons (Fsp3) is 0.667. The predicted octanol–water partition coefficient (Wildman–Crippen LogP) is 1.73. The highest BCUT2D eigenvalue weighted by molar-refractivity contribution is 7.93. The highest BCUT2D eigenvalue weighted by atomic mass is 32.2. The molecule has 6 nitrogen and oxygen atoms in total. The highest BCUT2D eigenvalue weighted by Crippen LogP contribution is 2.45. The second-order valence-corrected chi connectivity index (χ2v) is 9.35. The van der Waals surface area contributed by atoms with E-state index in [1.807, 2.05) is 25.1 Å².